The largest absolute Gasteiger partial charge is 0.332 e. The van der Waals surface area contributed by atoms with Gasteiger partial charge in [-0.25, -0.2) is 9.59 Å². The summed E-state index contributed by atoms with van der Waals surface area (Å²) in [6, 6.07) is -1.41. The van der Waals surface area contributed by atoms with Crippen LogP contribution in [0.4, 0.5) is 9.59 Å². The first kappa shape index (κ1) is 9.13. The van der Waals surface area contributed by atoms with Gasteiger partial charge < -0.3 is 10.6 Å². The van der Waals surface area contributed by atoms with Gasteiger partial charge in [0.05, 0.1) is 23.9 Å². The Morgan fingerprint density at radius 1 is 0.812 bits per heavy atom. The maximum atomic E-state index is 11.2. The van der Waals surface area contributed by atoms with E-state index in [9.17, 15) is 9.59 Å². The predicted octanol–water partition coefficient (Wildman–Crippen LogP) is -1.45. The molecule has 3 aliphatic rings. The van der Waals surface area contributed by atoms with Gasteiger partial charge in [0, 0.05) is 0 Å². The van der Waals surface area contributed by atoms with Crippen LogP contribution in [0.15, 0.2) is 0 Å². The Balaban J connectivity index is 1.89. The first-order chi connectivity index (χ1) is 7.58. The summed E-state index contributed by atoms with van der Waals surface area (Å²) in [6.45, 7) is 0. The zero-order chi connectivity index (χ0) is 11.4. The molecule has 3 fully saturated rings. The lowest BCUT2D eigenvalue weighted by Crippen LogP contribution is -2.81. The standard InChI is InChI=1S/C8H10N6O2/c9-5-1-2-4(3(1)11-7(15)13-5)12-8(16)14-6(2)10/h1-4H,(H3,9,11,13,15)(H3,10,12,14,16). The number of nitrogens with one attached hydrogen (secondary N) is 6. The highest BCUT2D eigenvalue weighted by molar-refractivity contribution is 6.08. The van der Waals surface area contributed by atoms with Gasteiger partial charge in [-0.15, -0.1) is 0 Å². The molecular weight excluding hydrogens is 212 g/mol. The molecule has 4 unspecified atom stereocenters. The summed E-state index contributed by atoms with van der Waals surface area (Å²) in [6.07, 6.45) is 0. The van der Waals surface area contributed by atoms with E-state index < -0.39 is 12.1 Å². The second-order valence-corrected chi connectivity index (χ2v) is 4.13. The fraction of sp³-hybridized carbons (Fsp3) is 0.500. The van der Waals surface area contributed by atoms with E-state index in [0.29, 0.717) is 0 Å². The molecule has 84 valence electrons. The number of urea groups is 2. The Labute approximate surface area is 90.2 Å². The second-order valence-electron chi connectivity index (χ2n) is 4.13. The minimum absolute atomic E-state index is 0.109. The molecule has 1 aliphatic carbocycles. The summed E-state index contributed by atoms with van der Waals surface area (Å²) in [5.41, 5.74) is 0. The number of hydrogen-bond donors (Lipinski definition) is 6. The van der Waals surface area contributed by atoms with Crippen LogP contribution < -0.4 is 21.3 Å². The van der Waals surface area contributed by atoms with Crippen molar-refractivity contribution in [2.45, 2.75) is 12.1 Å². The Morgan fingerprint density at radius 2 is 1.19 bits per heavy atom. The van der Waals surface area contributed by atoms with Gasteiger partial charge in [0.15, 0.2) is 0 Å². The topological polar surface area (TPSA) is 130 Å². The molecule has 0 aromatic rings. The van der Waals surface area contributed by atoms with E-state index in [2.05, 4.69) is 21.3 Å². The van der Waals surface area contributed by atoms with Crippen LogP contribution in [0.1, 0.15) is 0 Å². The molecule has 8 heteroatoms. The Bertz CT molecular complexity index is 392. The summed E-state index contributed by atoms with van der Waals surface area (Å²) in [5.74, 6) is -0.276. The molecule has 2 heterocycles. The lowest BCUT2D eigenvalue weighted by atomic mass is 9.62. The maximum Gasteiger partial charge on any atom is 0.320 e. The third-order valence-corrected chi connectivity index (χ3v) is 3.31. The molecule has 0 spiro atoms. The van der Waals surface area contributed by atoms with Crippen LogP contribution in [-0.2, 0) is 0 Å². The van der Waals surface area contributed by atoms with Crippen molar-refractivity contribution < 1.29 is 9.59 Å². The summed E-state index contributed by atoms with van der Waals surface area (Å²) in [7, 11) is 0. The minimum Gasteiger partial charge on any atom is -0.332 e. The van der Waals surface area contributed by atoms with Gasteiger partial charge in [0.2, 0.25) is 0 Å². The molecule has 1 saturated carbocycles. The summed E-state index contributed by atoms with van der Waals surface area (Å²) >= 11 is 0. The highest BCUT2D eigenvalue weighted by Crippen LogP contribution is 2.38. The van der Waals surface area contributed by atoms with E-state index in [0.717, 1.165) is 0 Å². The summed E-state index contributed by atoms with van der Waals surface area (Å²) in [5, 5.41) is 25.4. The minimum atomic E-state index is -0.427. The molecule has 2 aliphatic heterocycles. The summed E-state index contributed by atoms with van der Waals surface area (Å²) < 4.78 is 0. The predicted molar refractivity (Wildman–Crippen MR) is 53.3 cm³/mol. The van der Waals surface area contributed by atoms with Crippen LogP contribution in [0.25, 0.3) is 0 Å². The number of hydrogen-bond acceptors (Lipinski definition) is 4. The molecular formula is C8H10N6O2. The highest BCUT2D eigenvalue weighted by atomic mass is 16.2. The normalized spacial score (nSPS) is 40.5. The Hall–Kier alpha value is -2.12. The first-order valence-corrected chi connectivity index (χ1v) is 4.90. The molecule has 0 radical (unpaired) electrons. The average molecular weight is 222 g/mol. The molecule has 4 amide bonds. The van der Waals surface area contributed by atoms with Crippen molar-refractivity contribution in [3.05, 3.63) is 0 Å². The lowest BCUT2D eigenvalue weighted by molar-refractivity contribution is 0.123. The quantitative estimate of drug-likeness (QED) is 0.299. The third kappa shape index (κ3) is 0.980. The van der Waals surface area contributed by atoms with Crippen molar-refractivity contribution in [1.29, 1.82) is 10.8 Å². The lowest BCUT2D eigenvalue weighted by Gasteiger charge is -2.55. The molecule has 3 rings (SSSR count). The van der Waals surface area contributed by atoms with Gasteiger partial charge in [-0.2, -0.15) is 0 Å². The van der Waals surface area contributed by atoms with E-state index in [1.54, 1.807) is 0 Å². The molecule has 2 saturated heterocycles. The van der Waals surface area contributed by atoms with E-state index in [1.165, 1.54) is 0 Å². The average Bonchev–Trinajstić information content (AvgIpc) is 2.16. The van der Waals surface area contributed by atoms with Crippen LogP contribution in [0.2, 0.25) is 0 Å². The van der Waals surface area contributed by atoms with Crippen LogP contribution in [0, 0.1) is 22.7 Å². The van der Waals surface area contributed by atoms with Crippen LogP contribution in [0.5, 0.6) is 0 Å². The van der Waals surface area contributed by atoms with Gasteiger partial charge in [-0.1, -0.05) is 0 Å². The van der Waals surface area contributed by atoms with Gasteiger partial charge in [-0.3, -0.25) is 21.5 Å². The number of carbonyl (C=O) groups is 2. The zero-order valence-corrected chi connectivity index (χ0v) is 8.13. The Kier molecular flexibility index (Phi) is 1.55. The smallest absolute Gasteiger partial charge is 0.320 e. The van der Waals surface area contributed by atoms with E-state index in [1.807, 2.05) is 0 Å². The SMILES string of the molecule is N=C1NC(=O)NC2C3NC(=O)NC(=N)C3C12. The van der Waals surface area contributed by atoms with Crippen molar-refractivity contribution in [3.63, 3.8) is 0 Å². The van der Waals surface area contributed by atoms with Crippen LogP contribution in [0.3, 0.4) is 0 Å². The van der Waals surface area contributed by atoms with Crippen molar-refractivity contribution in [2.24, 2.45) is 11.8 Å². The molecule has 6 N–H and O–H groups in total. The van der Waals surface area contributed by atoms with Crippen molar-refractivity contribution in [2.75, 3.05) is 0 Å². The van der Waals surface area contributed by atoms with Gasteiger partial charge in [0.1, 0.15) is 11.7 Å². The van der Waals surface area contributed by atoms with Crippen molar-refractivity contribution in [3.8, 4) is 0 Å². The molecule has 4 atom stereocenters. The second kappa shape index (κ2) is 2.71. The van der Waals surface area contributed by atoms with E-state index >= 15 is 0 Å². The zero-order valence-electron chi connectivity index (χ0n) is 8.13. The fourth-order valence-electron chi connectivity index (χ4n) is 2.61. The highest BCUT2D eigenvalue weighted by Gasteiger charge is 2.59. The van der Waals surface area contributed by atoms with Crippen LogP contribution in [-0.4, -0.2) is 35.8 Å². The van der Waals surface area contributed by atoms with E-state index in [4.69, 9.17) is 10.8 Å². The fourth-order valence-corrected chi connectivity index (χ4v) is 2.61. The van der Waals surface area contributed by atoms with Gasteiger partial charge in [0.25, 0.3) is 0 Å². The summed E-state index contributed by atoms with van der Waals surface area (Å²) in [4.78, 5) is 22.3. The molecule has 16 heavy (non-hydrogen) atoms. The third-order valence-electron chi connectivity index (χ3n) is 3.31. The van der Waals surface area contributed by atoms with Crippen LogP contribution >= 0.6 is 0 Å². The molecule has 8 nitrogen and oxygen atoms in total. The number of fused-ring (bicyclic) bond motifs is 4. The number of carbonyl (C=O) groups excluding carboxylic acids is 2. The number of amides is 4. The molecule has 0 bridgehead atoms. The number of amidine groups is 2. The van der Waals surface area contributed by atoms with E-state index in [-0.39, 0.29) is 35.6 Å². The first-order valence-electron chi connectivity index (χ1n) is 4.90. The van der Waals surface area contributed by atoms with Crippen molar-refractivity contribution in [1.82, 2.24) is 21.3 Å². The number of rotatable bonds is 0. The maximum absolute atomic E-state index is 11.2. The molecule has 0 aromatic heterocycles. The Morgan fingerprint density at radius 3 is 1.56 bits per heavy atom. The van der Waals surface area contributed by atoms with Gasteiger partial charge in [-0.05, 0) is 0 Å². The molecule has 0 aromatic carbocycles. The monoisotopic (exact) mass is 222 g/mol. The van der Waals surface area contributed by atoms with Crippen molar-refractivity contribution >= 4 is 23.7 Å². The van der Waals surface area contributed by atoms with Gasteiger partial charge >= 0.3 is 12.1 Å².